The van der Waals surface area contributed by atoms with Gasteiger partial charge in [-0.05, 0) is 362 Å². The van der Waals surface area contributed by atoms with Gasteiger partial charge in [0.2, 0.25) is 0 Å². The predicted molar refractivity (Wildman–Crippen MR) is 484 cm³/mol. The van der Waals surface area contributed by atoms with Gasteiger partial charge in [-0.25, -0.2) is 0 Å². The number of aliphatic hydroxyl groups is 1. The van der Waals surface area contributed by atoms with Gasteiger partial charge in [0.1, 0.15) is 26.4 Å². The summed E-state index contributed by atoms with van der Waals surface area (Å²) < 4.78 is 73.8. The lowest BCUT2D eigenvalue weighted by atomic mass is 9.47. The van der Waals surface area contributed by atoms with E-state index in [2.05, 4.69) is 157 Å². The molecular formula is C103H178N8O5+4. The second-order valence-corrected chi connectivity index (χ2v) is 47.5. The molecular weight excluding hydrogens is 1430 g/mol. The third kappa shape index (κ3) is 19.0. The van der Waals surface area contributed by atoms with E-state index < -0.39 is 30.9 Å². The fraction of sp³-hybridized carbons (Fsp3) is 0.883. The molecule has 0 amide bonds. The Morgan fingerprint density at radius 3 is 0.931 bits per heavy atom. The first-order valence-electron chi connectivity index (χ1n) is 52.6. The number of nitrogens with zero attached hydrogens (tertiary/aromatic N) is 8. The second kappa shape index (κ2) is 35.3. The standard InChI is InChI=1S/3C26H45N2O.C25H43N2O2/c3*1-19-8-11-23-22-10-9-20-18-21(27-29-17-7-16-28(4,5)6)12-14-26(20,3)24(22)13-15-25(19,23)2;1-24-13-11-19(26-29-16-6-15-27(3,4)5)17-18(24)7-8-20-21-9-10-23(28)25(21,2)14-12-22(20)24/h3*18-19,22-24H,7-17H2,1-6H3;17,20-23,28H,6-16H2,1-5H3/q4*+1/b3*27-21-;26-19-/t3*19-,22-,23-,24-,25+,26-;20-,21-,22-,23-,24-,25-/m0000/s1/i7+1,16+1,17+1;4D3;;6D2,15D2,16D2. The highest BCUT2D eigenvalue weighted by Gasteiger charge is 2.63. The first kappa shape index (κ1) is 78.6. The van der Waals surface area contributed by atoms with Gasteiger partial charge in [-0.2, -0.15) is 0 Å². The predicted octanol–water partition coefficient (Wildman–Crippen LogP) is 22.9. The summed E-state index contributed by atoms with van der Waals surface area (Å²) in [5.74, 6) is 12.9. The first-order valence-corrected chi connectivity index (χ1v) is 48.1. The summed E-state index contributed by atoms with van der Waals surface area (Å²) in [4.78, 5) is 22.2. The Morgan fingerprint density at radius 1 is 0.345 bits per heavy atom. The maximum absolute atomic E-state index is 10.7. The molecule has 16 rings (SSSR count). The molecule has 0 unspecified atom stereocenters. The number of oxime groups is 4. The minimum atomic E-state index is -2.94. The van der Waals surface area contributed by atoms with Crippen molar-refractivity contribution < 1.29 is 54.7 Å². The normalized spacial score (nSPS) is 45.0. The molecule has 0 bridgehead atoms. The van der Waals surface area contributed by atoms with Gasteiger partial charge in [-0.1, -0.05) is 119 Å². The highest BCUT2D eigenvalue weighted by atomic mass is 16.7. The summed E-state index contributed by atoms with van der Waals surface area (Å²) >= 11 is 0. The first-order chi connectivity index (χ1) is 58.0. The molecule has 13 heteroatoms. The number of hydrogen-bond donors (Lipinski definition) is 1. The molecule has 0 heterocycles. The van der Waals surface area contributed by atoms with Crippen molar-refractivity contribution >= 4 is 22.8 Å². The van der Waals surface area contributed by atoms with Crippen LogP contribution in [0, 0.1) is 132 Å². The third-order valence-electron chi connectivity index (χ3n) is 37.6. The zero-order chi connectivity index (χ0) is 91.3. The van der Waals surface area contributed by atoms with E-state index in [0.29, 0.717) is 81.9 Å². The fourth-order valence-electron chi connectivity index (χ4n) is 29.7. The lowest BCUT2D eigenvalue weighted by Gasteiger charge is -2.58. The fourth-order valence-corrected chi connectivity index (χ4v) is 29.7. The topological polar surface area (TPSA) is 107 Å². The molecule has 16 aliphatic rings. The molecule has 0 aliphatic heterocycles. The van der Waals surface area contributed by atoms with Crippen LogP contribution in [0.5, 0.6) is 0 Å². The van der Waals surface area contributed by atoms with Gasteiger partial charge >= 0.3 is 0 Å². The molecule has 656 valence electrons. The summed E-state index contributed by atoms with van der Waals surface area (Å²) in [5, 5.41) is 28.2. The van der Waals surface area contributed by atoms with Gasteiger partial charge in [0.25, 0.3) is 0 Å². The molecule has 12 saturated carbocycles. The van der Waals surface area contributed by atoms with Crippen molar-refractivity contribution in [3.05, 3.63) is 46.6 Å². The highest BCUT2D eigenvalue weighted by Crippen LogP contribution is 2.71. The average molecular weight is 1620 g/mol. The van der Waals surface area contributed by atoms with Crippen LogP contribution >= 0.6 is 0 Å². The molecule has 116 heavy (non-hydrogen) atoms. The lowest BCUT2D eigenvalue weighted by Crippen LogP contribution is -2.51. The van der Waals surface area contributed by atoms with Gasteiger partial charge < -0.3 is 42.4 Å². The van der Waals surface area contributed by atoms with Gasteiger partial charge in [-0.3, -0.25) is 0 Å². The number of aliphatic hydroxyl groups excluding tert-OH is 1. The molecule has 0 aromatic rings. The lowest BCUT2D eigenvalue weighted by molar-refractivity contribution is -0.870. The molecule has 16 aliphatic carbocycles. The van der Waals surface area contributed by atoms with Gasteiger partial charge in [0.05, 0.1) is 149 Å². The van der Waals surface area contributed by atoms with Crippen LogP contribution in [0.4, 0.5) is 0 Å². The quantitative estimate of drug-likeness (QED) is 0.0566. The van der Waals surface area contributed by atoms with E-state index in [9.17, 15) is 5.11 Å². The minimum Gasteiger partial charge on any atom is -0.395 e. The van der Waals surface area contributed by atoms with E-state index in [-0.39, 0.29) is 21.4 Å². The van der Waals surface area contributed by atoms with Crippen molar-refractivity contribution in [2.45, 2.75) is 313 Å². The molecule has 1 N–H and O–H groups in total. The molecule has 0 aromatic carbocycles. The monoisotopic (exact) mass is 1620 g/mol. The number of quaternary nitrogens is 4. The molecule has 24 atom stereocenters. The second-order valence-electron chi connectivity index (χ2n) is 47.5. The van der Waals surface area contributed by atoms with E-state index in [4.69, 9.17) is 31.7 Å². The highest BCUT2D eigenvalue weighted by molar-refractivity contribution is 5.98. The molecule has 0 radical (unpaired) electrons. The van der Waals surface area contributed by atoms with Crippen molar-refractivity contribution in [3.63, 3.8) is 0 Å². The molecule has 12 fully saturated rings. The number of hydrogen-bond acceptors (Lipinski definition) is 9. The number of rotatable bonds is 20. The summed E-state index contributed by atoms with van der Waals surface area (Å²) in [6.07, 6.45) is 49.1. The van der Waals surface area contributed by atoms with Gasteiger partial charge in [-0.15, -0.1) is 0 Å². The van der Waals surface area contributed by atoms with Crippen LogP contribution in [0.25, 0.3) is 0 Å². The molecule has 13 nitrogen and oxygen atoms in total. The van der Waals surface area contributed by atoms with Crippen LogP contribution in [0.2, 0.25) is 0 Å². The summed E-state index contributed by atoms with van der Waals surface area (Å²) in [6.45, 7) is 25.1. The Hall–Kier alpha value is -3.36. The van der Waals surface area contributed by atoms with Crippen LogP contribution in [0.1, 0.15) is 320 Å². The maximum Gasteiger partial charge on any atom is 0.122 e. The van der Waals surface area contributed by atoms with Crippen molar-refractivity contribution in [2.75, 3.05) is 137 Å². The summed E-state index contributed by atoms with van der Waals surface area (Å²) in [7, 11) is 21.4. The summed E-state index contributed by atoms with van der Waals surface area (Å²) in [5.41, 5.74) is 13.5. The number of fused-ring (bicyclic) bond motifs is 20. The van der Waals surface area contributed by atoms with E-state index >= 15 is 0 Å². The third-order valence-corrected chi connectivity index (χ3v) is 37.6. The molecule has 0 saturated heterocycles. The zero-order valence-electron chi connectivity index (χ0n) is 87.2. The van der Waals surface area contributed by atoms with Gasteiger partial charge in [0.15, 0.2) is 0 Å². The summed E-state index contributed by atoms with van der Waals surface area (Å²) in [6, 6.07) is 0. The van der Waals surface area contributed by atoms with E-state index in [0.717, 1.165) is 189 Å². The Labute approximate surface area is 723 Å². The van der Waals surface area contributed by atoms with Gasteiger partial charge in [0, 0.05) is 28.4 Å². The SMILES string of the molecule is C[C@H]1CC[C@H]2[C@@H]3CCC4=C/C(=N\OCCC[N+](C)(C)C)CC[C@]4(C)[C@H]3CC[C@]12C.C[C@H]1CC[C@H]2[C@@H]3CCC4=C/C(=N\O[13CH2][13CH2][13CH2][N+](C)(C)C)CC[C@]4(C)[C@H]3CC[C@]12C.[2H]C([2H])(O/N=C1\C=C2CC[C@H]3[C@@H]4CC[C@H](O)[C@@]4(C)CC[C@@H]3[C@@]2(C)CC1)C([2H])([2H])C([2H])([2H])[N+](C)(C)C.[2H]C([2H])([2H])[N+](C)(C)CCCO/N=C1\C=C2CC[C@H]3[C@@H]4CC[C@H](C)[C@@]4(C)CC[C@@H]3[C@@]2(C)CC1. The Balaban J connectivity index is 0.000000143. The van der Waals surface area contributed by atoms with E-state index in [1.165, 1.54) is 173 Å². The largest absolute Gasteiger partial charge is 0.395 e. The van der Waals surface area contributed by atoms with Crippen LogP contribution in [0.3, 0.4) is 0 Å². The van der Waals surface area contributed by atoms with Crippen LogP contribution in [-0.2, 0) is 19.4 Å². The van der Waals surface area contributed by atoms with Crippen LogP contribution < -0.4 is 0 Å². The van der Waals surface area contributed by atoms with E-state index in [1.807, 2.05) is 6.08 Å². The molecule has 0 spiro atoms. The van der Waals surface area contributed by atoms with Crippen molar-refractivity contribution in [2.24, 2.45) is 153 Å². The Morgan fingerprint density at radius 2 is 0.629 bits per heavy atom. The minimum absolute atomic E-state index is 0.0106. The number of allylic oxidation sites excluding steroid dienone is 8. The van der Waals surface area contributed by atoms with E-state index in [1.54, 1.807) is 30.8 Å². The maximum atomic E-state index is 10.7. The van der Waals surface area contributed by atoms with Crippen LogP contribution in [-0.4, -0.2) is 189 Å². The zero-order valence-corrected chi connectivity index (χ0v) is 78.2. The Bertz CT molecular complexity index is 3940. The smallest absolute Gasteiger partial charge is 0.122 e. The van der Waals surface area contributed by atoms with Crippen LogP contribution in [0.15, 0.2) is 67.2 Å². The van der Waals surface area contributed by atoms with Crippen molar-refractivity contribution in [1.82, 2.24) is 0 Å². The average Bonchev–Trinajstić information content (AvgIpc) is 1.53. The molecule has 0 aromatic heterocycles. The van der Waals surface area contributed by atoms with Crippen molar-refractivity contribution in [1.29, 1.82) is 0 Å². The Kier molecular flexibility index (Phi) is 23.9. The van der Waals surface area contributed by atoms with Crippen molar-refractivity contribution in [3.8, 4) is 0 Å².